The second-order valence-electron chi connectivity index (χ2n) is 9.91. The highest BCUT2D eigenvalue weighted by molar-refractivity contribution is 5.29. The van der Waals surface area contributed by atoms with E-state index in [1.807, 2.05) is 18.2 Å². The minimum atomic E-state index is -0.213. The highest BCUT2D eigenvalue weighted by Gasteiger charge is 2.52. The predicted molar refractivity (Wildman–Crippen MR) is 114 cm³/mol. The van der Waals surface area contributed by atoms with E-state index in [-0.39, 0.29) is 12.4 Å². The monoisotopic (exact) mass is 393 g/mol. The summed E-state index contributed by atoms with van der Waals surface area (Å²) in [5.41, 5.74) is 2.34. The van der Waals surface area contributed by atoms with E-state index >= 15 is 0 Å². The van der Waals surface area contributed by atoms with E-state index < -0.39 is 0 Å². The third-order valence-electron chi connectivity index (χ3n) is 7.87. The summed E-state index contributed by atoms with van der Waals surface area (Å²) in [6.07, 6.45) is 8.77. The van der Waals surface area contributed by atoms with Gasteiger partial charge in [0.1, 0.15) is 18.2 Å². The van der Waals surface area contributed by atoms with Gasteiger partial charge in [0.25, 0.3) is 0 Å². The first-order chi connectivity index (χ1) is 14.1. The maximum atomic E-state index is 13.8. The second-order valence-corrected chi connectivity index (χ2v) is 9.91. The zero-order valence-corrected chi connectivity index (χ0v) is 17.4. The number of hydrogen-bond acceptors (Lipinski definition) is 2. The molecule has 4 saturated carbocycles. The van der Waals surface area contributed by atoms with E-state index in [9.17, 15) is 4.39 Å². The van der Waals surface area contributed by atoms with Gasteiger partial charge < -0.3 is 10.1 Å². The molecule has 0 amide bonds. The van der Waals surface area contributed by atoms with Crippen LogP contribution >= 0.6 is 0 Å². The molecule has 4 fully saturated rings. The number of ether oxygens (including phenoxy) is 1. The first-order valence-corrected chi connectivity index (χ1v) is 11.3. The van der Waals surface area contributed by atoms with Crippen LogP contribution in [-0.4, -0.2) is 6.04 Å². The molecule has 29 heavy (non-hydrogen) atoms. The van der Waals surface area contributed by atoms with Gasteiger partial charge in [-0.3, -0.25) is 0 Å². The predicted octanol–water partition coefficient (Wildman–Crippen LogP) is 6.10. The SMILES string of the molecule is CC(NCc1cccc(OCc2ccccc2F)c1)C12CC3CC(CC(C3)C1)C2. The molecule has 0 radical (unpaired) electrons. The third kappa shape index (κ3) is 3.94. The highest BCUT2D eigenvalue weighted by atomic mass is 19.1. The lowest BCUT2D eigenvalue weighted by Gasteiger charge is -2.59. The van der Waals surface area contributed by atoms with Crippen LogP contribution in [0.5, 0.6) is 5.75 Å². The van der Waals surface area contributed by atoms with Crippen LogP contribution in [0.2, 0.25) is 0 Å². The van der Waals surface area contributed by atoms with Gasteiger partial charge in [-0.05, 0) is 92.4 Å². The maximum Gasteiger partial charge on any atom is 0.129 e. The van der Waals surface area contributed by atoms with Crippen LogP contribution in [-0.2, 0) is 13.2 Å². The van der Waals surface area contributed by atoms with Gasteiger partial charge in [0.15, 0.2) is 0 Å². The van der Waals surface area contributed by atoms with Gasteiger partial charge >= 0.3 is 0 Å². The molecule has 2 nitrogen and oxygen atoms in total. The van der Waals surface area contributed by atoms with Crippen molar-refractivity contribution in [2.75, 3.05) is 0 Å². The topological polar surface area (TPSA) is 21.3 Å². The molecule has 4 aliphatic carbocycles. The lowest BCUT2D eigenvalue weighted by Crippen LogP contribution is -2.54. The number of hydrogen-bond donors (Lipinski definition) is 1. The summed E-state index contributed by atoms with van der Waals surface area (Å²) in [5, 5.41) is 3.85. The zero-order valence-electron chi connectivity index (χ0n) is 17.4. The van der Waals surface area contributed by atoms with Crippen molar-refractivity contribution in [2.24, 2.45) is 23.2 Å². The van der Waals surface area contributed by atoms with Gasteiger partial charge in [0, 0.05) is 18.2 Å². The fourth-order valence-electron chi connectivity index (χ4n) is 6.72. The van der Waals surface area contributed by atoms with Crippen molar-refractivity contribution in [3.8, 4) is 5.75 Å². The average molecular weight is 394 g/mol. The molecule has 0 saturated heterocycles. The molecule has 4 aliphatic rings. The first kappa shape index (κ1) is 19.1. The van der Waals surface area contributed by atoms with Crippen LogP contribution in [0.3, 0.4) is 0 Å². The Hall–Kier alpha value is -1.87. The quantitative estimate of drug-likeness (QED) is 0.614. The van der Waals surface area contributed by atoms with E-state index in [0.717, 1.165) is 30.0 Å². The Morgan fingerprint density at radius 2 is 1.69 bits per heavy atom. The van der Waals surface area contributed by atoms with Crippen LogP contribution in [0, 0.1) is 29.0 Å². The van der Waals surface area contributed by atoms with E-state index in [1.165, 1.54) is 50.2 Å². The maximum absolute atomic E-state index is 13.8. The Kier molecular flexibility index (Phi) is 5.11. The number of benzene rings is 2. The van der Waals surface area contributed by atoms with Crippen LogP contribution in [0.4, 0.5) is 4.39 Å². The molecular formula is C26H32FNO. The van der Waals surface area contributed by atoms with Crippen molar-refractivity contribution in [3.05, 3.63) is 65.5 Å². The molecule has 1 N–H and O–H groups in total. The average Bonchev–Trinajstić information content (AvgIpc) is 2.71. The molecule has 0 aromatic heterocycles. The Bertz CT molecular complexity index is 828. The molecular weight excluding hydrogens is 361 g/mol. The lowest BCUT2D eigenvalue weighted by atomic mass is 9.48. The van der Waals surface area contributed by atoms with Gasteiger partial charge in [-0.2, -0.15) is 0 Å². The molecule has 4 bridgehead atoms. The van der Waals surface area contributed by atoms with Crippen molar-refractivity contribution in [2.45, 2.75) is 64.6 Å². The Balaban J connectivity index is 1.19. The van der Waals surface area contributed by atoms with Crippen molar-refractivity contribution < 1.29 is 9.13 Å². The zero-order chi connectivity index (χ0) is 19.8. The normalized spacial score (nSPS) is 31.0. The van der Waals surface area contributed by atoms with E-state index in [1.54, 1.807) is 12.1 Å². The lowest BCUT2D eigenvalue weighted by molar-refractivity contribution is -0.0706. The number of halogens is 1. The molecule has 0 heterocycles. The molecule has 6 rings (SSSR count). The standard InChI is InChI=1S/C26H32FNO/c1-18(26-13-20-9-21(14-26)11-22(10-20)15-26)28-16-19-5-4-7-24(12-19)29-17-23-6-2-3-8-25(23)27/h2-8,12,18,20-22,28H,9-11,13-17H2,1H3. The van der Waals surface area contributed by atoms with Gasteiger partial charge in [-0.1, -0.05) is 30.3 Å². The minimum Gasteiger partial charge on any atom is -0.489 e. The molecule has 1 atom stereocenters. The Labute approximate surface area is 173 Å². The molecule has 0 spiro atoms. The molecule has 154 valence electrons. The van der Waals surface area contributed by atoms with Crippen LogP contribution in [0.1, 0.15) is 56.6 Å². The molecule has 0 aliphatic heterocycles. The smallest absolute Gasteiger partial charge is 0.129 e. The summed E-state index contributed by atoms with van der Waals surface area (Å²) in [5.74, 6) is 3.55. The Morgan fingerprint density at radius 3 is 2.38 bits per heavy atom. The van der Waals surface area contributed by atoms with Crippen molar-refractivity contribution >= 4 is 0 Å². The summed E-state index contributed by atoms with van der Waals surface area (Å²) in [6.45, 7) is 3.53. The number of rotatable bonds is 7. The van der Waals surface area contributed by atoms with Crippen LogP contribution in [0.15, 0.2) is 48.5 Å². The second kappa shape index (κ2) is 7.75. The largest absolute Gasteiger partial charge is 0.489 e. The fourth-order valence-corrected chi connectivity index (χ4v) is 6.72. The Morgan fingerprint density at radius 1 is 1.00 bits per heavy atom. The van der Waals surface area contributed by atoms with E-state index in [2.05, 4.69) is 24.4 Å². The summed E-state index contributed by atoms with van der Waals surface area (Å²) in [7, 11) is 0. The van der Waals surface area contributed by atoms with E-state index in [4.69, 9.17) is 4.74 Å². The molecule has 2 aromatic carbocycles. The van der Waals surface area contributed by atoms with E-state index in [0.29, 0.717) is 17.0 Å². The summed E-state index contributed by atoms with van der Waals surface area (Å²) >= 11 is 0. The fraction of sp³-hybridized carbons (Fsp3) is 0.538. The first-order valence-electron chi connectivity index (χ1n) is 11.3. The van der Waals surface area contributed by atoms with Gasteiger partial charge in [0.2, 0.25) is 0 Å². The van der Waals surface area contributed by atoms with Crippen LogP contribution < -0.4 is 10.1 Å². The van der Waals surface area contributed by atoms with Gasteiger partial charge in [-0.15, -0.1) is 0 Å². The molecule has 3 heteroatoms. The minimum absolute atomic E-state index is 0.213. The van der Waals surface area contributed by atoms with Crippen LogP contribution in [0.25, 0.3) is 0 Å². The number of nitrogens with one attached hydrogen (secondary N) is 1. The van der Waals surface area contributed by atoms with Gasteiger partial charge in [0.05, 0.1) is 0 Å². The highest BCUT2D eigenvalue weighted by Crippen LogP contribution is 2.61. The van der Waals surface area contributed by atoms with Crippen molar-refractivity contribution in [3.63, 3.8) is 0 Å². The van der Waals surface area contributed by atoms with Crippen molar-refractivity contribution in [1.82, 2.24) is 5.32 Å². The molecule has 1 unspecified atom stereocenters. The summed E-state index contributed by atoms with van der Waals surface area (Å²) in [4.78, 5) is 0. The van der Waals surface area contributed by atoms with Crippen molar-refractivity contribution in [1.29, 1.82) is 0 Å². The summed E-state index contributed by atoms with van der Waals surface area (Å²) in [6, 6.07) is 15.6. The third-order valence-corrected chi connectivity index (χ3v) is 7.87. The van der Waals surface area contributed by atoms with Gasteiger partial charge in [-0.25, -0.2) is 4.39 Å². The molecule has 2 aromatic rings. The summed E-state index contributed by atoms with van der Waals surface area (Å²) < 4.78 is 19.7.